The molecule has 1 unspecified atom stereocenters. The summed E-state index contributed by atoms with van der Waals surface area (Å²) >= 11 is 0. The first kappa shape index (κ1) is 26.2. The summed E-state index contributed by atoms with van der Waals surface area (Å²) in [5.41, 5.74) is 2.08. The summed E-state index contributed by atoms with van der Waals surface area (Å²) in [6.07, 6.45) is 1.52. The molecule has 1 aliphatic rings. The van der Waals surface area contributed by atoms with Crippen molar-refractivity contribution in [3.63, 3.8) is 0 Å². The Morgan fingerprint density at radius 1 is 0.973 bits per heavy atom. The third-order valence-corrected chi connectivity index (χ3v) is 6.40. The molecule has 0 spiro atoms. The van der Waals surface area contributed by atoms with E-state index in [0.29, 0.717) is 50.0 Å². The van der Waals surface area contributed by atoms with Crippen LogP contribution in [0.4, 0.5) is 0 Å². The van der Waals surface area contributed by atoms with Gasteiger partial charge in [0.05, 0.1) is 33.1 Å². The molecular weight excluding hydrogens is 496 g/mol. The highest BCUT2D eigenvalue weighted by Gasteiger charge is 2.33. The van der Waals surface area contributed by atoms with Crippen molar-refractivity contribution in [2.24, 2.45) is 0 Å². The standard InChI is InChI=1S/C26H28N6O4.ClH/c1-34-21-11-10-20(17-23(21)35-2)24(25-27-28-29-32(25)18-19-7-4-3-5-8-19)30-12-14-31(15-13-30)26(33)22-9-6-16-36-22;/h3-11,16-17,24H,12-15,18H2,1-2H3;1H. The number of hydrogen-bond donors (Lipinski definition) is 0. The monoisotopic (exact) mass is 524 g/mol. The van der Waals surface area contributed by atoms with Crippen LogP contribution in [0.25, 0.3) is 0 Å². The maximum Gasteiger partial charge on any atom is 0.289 e. The van der Waals surface area contributed by atoms with Crippen LogP contribution in [0, 0.1) is 0 Å². The van der Waals surface area contributed by atoms with Crippen molar-refractivity contribution in [2.75, 3.05) is 40.4 Å². The average molecular weight is 525 g/mol. The number of carbonyl (C=O) groups excluding carboxylic acids is 1. The lowest BCUT2D eigenvalue weighted by Crippen LogP contribution is -2.50. The number of benzene rings is 2. The predicted molar refractivity (Wildman–Crippen MR) is 138 cm³/mol. The Labute approximate surface area is 221 Å². The highest BCUT2D eigenvalue weighted by molar-refractivity contribution is 5.91. The number of halogens is 1. The number of nitrogens with zero attached hydrogens (tertiary/aromatic N) is 6. The largest absolute Gasteiger partial charge is 0.493 e. The molecular formula is C26H29ClN6O4. The van der Waals surface area contributed by atoms with Crippen LogP contribution in [0.5, 0.6) is 11.5 Å². The fourth-order valence-electron chi connectivity index (χ4n) is 4.56. The number of ether oxygens (including phenoxy) is 2. The van der Waals surface area contributed by atoms with E-state index in [2.05, 4.69) is 32.6 Å². The van der Waals surface area contributed by atoms with Crippen molar-refractivity contribution in [3.8, 4) is 11.5 Å². The van der Waals surface area contributed by atoms with Gasteiger partial charge in [0.15, 0.2) is 23.1 Å². The summed E-state index contributed by atoms with van der Waals surface area (Å²) in [6.45, 7) is 2.95. The van der Waals surface area contributed by atoms with E-state index in [4.69, 9.17) is 13.9 Å². The molecule has 1 aliphatic heterocycles. The third kappa shape index (κ3) is 5.60. The number of aromatic nitrogens is 4. The molecule has 0 saturated carbocycles. The maximum atomic E-state index is 12.8. The number of carbonyl (C=O) groups is 1. The average Bonchev–Trinajstić information content (AvgIpc) is 3.62. The molecule has 1 atom stereocenters. The van der Waals surface area contributed by atoms with E-state index in [-0.39, 0.29) is 24.4 Å². The zero-order chi connectivity index (χ0) is 24.9. The second-order valence-electron chi connectivity index (χ2n) is 8.50. The van der Waals surface area contributed by atoms with Gasteiger partial charge in [0.1, 0.15) is 0 Å². The Balaban J connectivity index is 0.00000320. The number of rotatable bonds is 8. The first-order valence-electron chi connectivity index (χ1n) is 11.8. The quantitative estimate of drug-likeness (QED) is 0.346. The lowest BCUT2D eigenvalue weighted by Gasteiger charge is -2.38. The van der Waals surface area contributed by atoms with Gasteiger partial charge < -0.3 is 18.8 Å². The number of methoxy groups -OCH3 is 2. The minimum absolute atomic E-state index is 0. The van der Waals surface area contributed by atoms with E-state index in [1.807, 2.05) is 46.0 Å². The van der Waals surface area contributed by atoms with Crippen LogP contribution in [-0.4, -0.2) is 76.3 Å². The van der Waals surface area contributed by atoms with Crippen LogP contribution in [0.1, 0.15) is 33.5 Å². The van der Waals surface area contributed by atoms with Gasteiger partial charge in [-0.15, -0.1) is 17.5 Å². The zero-order valence-corrected chi connectivity index (χ0v) is 21.5. The number of piperazine rings is 1. The van der Waals surface area contributed by atoms with Gasteiger partial charge in [0.25, 0.3) is 5.91 Å². The van der Waals surface area contributed by atoms with E-state index in [1.165, 1.54) is 6.26 Å². The SMILES string of the molecule is COc1ccc(C(c2nnnn2Cc2ccccc2)N2CCN(C(=O)c3ccco3)CC2)cc1OC.Cl. The molecule has 0 bridgehead atoms. The van der Waals surface area contributed by atoms with E-state index in [0.717, 1.165) is 17.0 Å². The molecule has 1 fully saturated rings. The lowest BCUT2D eigenvalue weighted by atomic mass is 10.0. The van der Waals surface area contributed by atoms with Gasteiger partial charge in [-0.1, -0.05) is 36.4 Å². The van der Waals surface area contributed by atoms with Gasteiger partial charge in [0, 0.05) is 26.2 Å². The Bertz CT molecular complexity index is 1290. The van der Waals surface area contributed by atoms with E-state index in [1.54, 1.807) is 26.4 Å². The maximum absolute atomic E-state index is 12.8. The smallest absolute Gasteiger partial charge is 0.289 e. The van der Waals surface area contributed by atoms with Gasteiger partial charge in [-0.3, -0.25) is 9.69 Å². The van der Waals surface area contributed by atoms with Crippen molar-refractivity contribution >= 4 is 18.3 Å². The van der Waals surface area contributed by atoms with Crippen LogP contribution >= 0.6 is 12.4 Å². The van der Waals surface area contributed by atoms with Crippen LogP contribution in [-0.2, 0) is 6.54 Å². The summed E-state index contributed by atoms with van der Waals surface area (Å²) in [5.74, 6) is 2.26. The topological polar surface area (TPSA) is 98.8 Å². The highest BCUT2D eigenvalue weighted by atomic mass is 35.5. The van der Waals surface area contributed by atoms with Gasteiger partial charge in [-0.05, 0) is 45.8 Å². The van der Waals surface area contributed by atoms with Gasteiger partial charge in [-0.2, -0.15) is 0 Å². The molecule has 11 heteroatoms. The molecule has 3 heterocycles. The number of furan rings is 1. The van der Waals surface area contributed by atoms with Crippen molar-refractivity contribution in [2.45, 2.75) is 12.6 Å². The highest BCUT2D eigenvalue weighted by Crippen LogP contribution is 2.35. The number of tetrazole rings is 1. The zero-order valence-electron chi connectivity index (χ0n) is 20.7. The molecule has 194 valence electrons. The minimum Gasteiger partial charge on any atom is -0.493 e. The molecule has 37 heavy (non-hydrogen) atoms. The van der Waals surface area contributed by atoms with E-state index >= 15 is 0 Å². The Morgan fingerprint density at radius 3 is 2.41 bits per heavy atom. The predicted octanol–water partition coefficient (Wildman–Crippen LogP) is 3.30. The number of hydrogen-bond acceptors (Lipinski definition) is 8. The second-order valence-corrected chi connectivity index (χ2v) is 8.50. The van der Waals surface area contributed by atoms with E-state index < -0.39 is 0 Å². The van der Waals surface area contributed by atoms with Crippen LogP contribution in [0.3, 0.4) is 0 Å². The summed E-state index contributed by atoms with van der Waals surface area (Å²) < 4.78 is 18.2. The van der Waals surface area contributed by atoms with E-state index in [9.17, 15) is 4.79 Å². The molecule has 4 aromatic rings. The first-order valence-corrected chi connectivity index (χ1v) is 11.8. The van der Waals surface area contributed by atoms with Gasteiger partial charge in [0.2, 0.25) is 0 Å². The Hall–Kier alpha value is -3.89. The first-order chi connectivity index (χ1) is 17.7. The summed E-state index contributed by atoms with van der Waals surface area (Å²) in [6, 6.07) is 19.1. The van der Waals surface area contributed by atoms with Crippen LogP contribution in [0.2, 0.25) is 0 Å². The summed E-state index contributed by atoms with van der Waals surface area (Å²) in [4.78, 5) is 16.9. The summed E-state index contributed by atoms with van der Waals surface area (Å²) in [5, 5.41) is 12.8. The van der Waals surface area contributed by atoms with Crippen LogP contribution < -0.4 is 9.47 Å². The van der Waals surface area contributed by atoms with Crippen molar-refractivity contribution in [1.82, 2.24) is 30.0 Å². The molecule has 0 N–H and O–H groups in total. The molecule has 1 saturated heterocycles. The van der Waals surface area contributed by atoms with Gasteiger partial charge >= 0.3 is 0 Å². The molecule has 2 aromatic heterocycles. The van der Waals surface area contributed by atoms with Gasteiger partial charge in [-0.25, -0.2) is 4.68 Å². The van der Waals surface area contributed by atoms with Crippen molar-refractivity contribution in [3.05, 3.63) is 89.6 Å². The fourth-order valence-corrected chi connectivity index (χ4v) is 4.56. The molecule has 0 aliphatic carbocycles. The molecule has 2 aromatic carbocycles. The third-order valence-electron chi connectivity index (χ3n) is 6.40. The Morgan fingerprint density at radius 2 is 1.73 bits per heavy atom. The molecule has 0 radical (unpaired) electrons. The van der Waals surface area contributed by atoms with Crippen molar-refractivity contribution < 1.29 is 18.7 Å². The Kier molecular flexibility index (Phi) is 8.42. The summed E-state index contributed by atoms with van der Waals surface area (Å²) in [7, 11) is 3.24. The van der Waals surface area contributed by atoms with Crippen LogP contribution in [0.15, 0.2) is 71.3 Å². The second kappa shape index (κ2) is 11.9. The molecule has 1 amide bonds. The lowest BCUT2D eigenvalue weighted by molar-refractivity contribution is 0.0559. The molecule has 10 nitrogen and oxygen atoms in total. The normalized spacial score (nSPS) is 14.6. The fraction of sp³-hybridized carbons (Fsp3) is 0.308. The minimum atomic E-state index is -0.246. The van der Waals surface area contributed by atoms with Crippen molar-refractivity contribution in [1.29, 1.82) is 0 Å². The molecule has 5 rings (SSSR count). The number of amides is 1.